The molecule has 1 aliphatic carbocycles. The molecule has 0 bridgehead atoms. The van der Waals surface area contributed by atoms with Crippen molar-refractivity contribution in [2.45, 2.75) is 30.6 Å². The third-order valence-corrected chi connectivity index (χ3v) is 4.37. The fraction of sp³-hybridized carbons (Fsp3) is 0.462. The van der Waals surface area contributed by atoms with Gasteiger partial charge in [0.15, 0.2) is 0 Å². The van der Waals surface area contributed by atoms with Crippen LogP contribution in [0.1, 0.15) is 24.0 Å². The smallest absolute Gasteiger partial charge is 0.287 e. The summed E-state index contributed by atoms with van der Waals surface area (Å²) in [6.07, 6.45) is 5.10. The van der Waals surface area contributed by atoms with Gasteiger partial charge in [-0.15, -0.1) is 4.40 Å². The van der Waals surface area contributed by atoms with E-state index in [1.807, 2.05) is 0 Å². The van der Waals surface area contributed by atoms with Crippen LogP contribution in [0, 0.1) is 0 Å². The van der Waals surface area contributed by atoms with E-state index in [4.69, 9.17) is 0 Å². The molecule has 0 radical (unpaired) electrons. The third-order valence-electron chi connectivity index (χ3n) is 3.12. The Morgan fingerprint density at radius 2 is 1.79 bits per heavy atom. The zero-order valence-corrected chi connectivity index (χ0v) is 11.9. The van der Waals surface area contributed by atoms with E-state index in [-0.39, 0.29) is 10.6 Å². The molecule has 1 aliphatic rings. The summed E-state index contributed by atoms with van der Waals surface area (Å²) < 4.78 is 27.7. The van der Waals surface area contributed by atoms with Gasteiger partial charge in [-0.3, -0.25) is 0 Å². The van der Waals surface area contributed by atoms with Gasteiger partial charge in [-0.1, -0.05) is 0 Å². The monoisotopic (exact) mass is 282 g/mol. The lowest BCUT2D eigenvalue weighted by atomic mass is 9.92. The van der Waals surface area contributed by atoms with Gasteiger partial charge in [0.25, 0.3) is 10.0 Å². The first-order valence-corrected chi connectivity index (χ1v) is 7.66. The maximum atomic E-state index is 12.1. The van der Waals surface area contributed by atoms with Crippen LogP contribution in [0.5, 0.6) is 5.75 Å². The summed E-state index contributed by atoms with van der Waals surface area (Å²) in [4.78, 5) is 1.43. The van der Waals surface area contributed by atoms with Crippen LogP contribution in [0.25, 0.3) is 0 Å². The number of fused-ring (bicyclic) bond motifs is 1. The number of hydrogen-bond donors (Lipinski definition) is 1. The van der Waals surface area contributed by atoms with Gasteiger partial charge < -0.3 is 10.0 Å². The van der Waals surface area contributed by atoms with Crippen molar-refractivity contribution in [3.8, 4) is 5.75 Å². The van der Waals surface area contributed by atoms with Crippen molar-refractivity contribution in [3.05, 3.63) is 23.3 Å². The molecule has 0 aromatic heterocycles. The highest BCUT2D eigenvalue weighted by Crippen LogP contribution is 2.31. The maximum absolute atomic E-state index is 12.1. The number of aryl methyl sites for hydroxylation is 2. The van der Waals surface area contributed by atoms with Gasteiger partial charge in [-0.05, 0) is 48.9 Å². The van der Waals surface area contributed by atoms with Gasteiger partial charge in [0.05, 0.1) is 0 Å². The van der Waals surface area contributed by atoms with Crippen molar-refractivity contribution in [3.63, 3.8) is 0 Å². The number of aromatic hydroxyl groups is 1. The van der Waals surface area contributed by atoms with Crippen molar-refractivity contribution < 1.29 is 13.5 Å². The van der Waals surface area contributed by atoms with Crippen molar-refractivity contribution >= 4 is 16.4 Å². The zero-order valence-electron chi connectivity index (χ0n) is 11.1. The Hall–Kier alpha value is -1.56. The molecule has 0 saturated heterocycles. The summed E-state index contributed by atoms with van der Waals surface area (Å²) >= 11 is 0. The van der Waals surface area contributed by atoms with E-state index < -0.39 is 10.0 Å². The quantitative estimate of drug-likeness (QED) is 0.674. The predicted octanol–water partition coefficient (Wildman–Crippen LogP) is 1.55. The van der Waals surface area contributed by atoms with Gasteiger partial charge in [-0.25, -0.2) is 0 Å². The second-order valence-electron chi connectivity index (χ2n) is 4.96. The highest BCUT2D eigenvalue weighted by atomic mass is 32.2. The van der Waals surface area contributed by atoms with Crippen LogP contribution in [0.15, 0.2) is 21.4 Å². The lowest BCUT2D eigenvalue weighted by Crippen LogP contribution is -2.11. The molecule has 1 aromatic rings. The van der Waals surface area contributed by atoms with Gasteiger partial charge in [0, 0.05) is 14.1 Å². The second-order valence-corrected chi connectivity index (χ2v) is 6.56. The fourth-order valence-corrected chi connectivity index (χ4v) is 3.21. The van der Waals surface area contributed by atoms with Crippen LogP contribution in [0.2, 0.25) is 0 Å². The van der Waals surface area contributed by atoms with E-state index in [2.05, 4.69) is 4.40 Å². The SMILES string of the molecule is CN(C)/C=N/S(=O)(=O)c1cc2c(cc1O)CCCC2. The molecule has 0 amide bonds. The molecule has 0 heterocycles. The molecule has 0 unspecified atom stereocenters. The molecule has 104 valence electrons. The molecular weight excluding hydrogens is 264 g/mol. The maximum Gasteiger partial charge on any atom is 0.287 e. The number of benzene rings is 1. The highest BCUT2D eigenvalue weighted by molar-refractivity contribution is 7.90. The Kier molecular flexibility index (Phi) is 3.80. The fourth-order valence-electron chi connectivity index (χ4n) is 2.17. The standard InChI is InChI=1S/C13H18N2O3S/c1-15(2)9-14-19(17,18)13-8-11-6-4-3-5-10(11)7-12(13)16/h7-9,16H,3-6H2,1-2H3/b14-9+. The number of phenols is 1. The average Bonchev–Trinajstić information content (AvgIpc) is 2.35. The van der Waals surface area contributed by atoms with Crippen LogP contribution in [0.4, 0.5) is 0 Å². The molecule has 0 fully saturated rings. The largest absolute Gasteiger partial charge is 0.507 e. The first-order chi connectivity index (χ1) is 8.90. The molecule has 19 heavy (non-hydrogen) atoms. The molecule has 2 rings (SSSR count). The summed E-state index contributed by atoms with van der Waals surface area (Å²) in [7, 11) is -0.469. The first-order valence-electron chi connectivity index (χ1n) is 6.22. The van der Waals surface area contributed by atoms with Crippen molar-refractivity contribution in [2.24, 2.45) is 4.40 Å². The molecule has 1 aromatic carbocycles. The summed E-state index contributed by atoms with van der Waals surface area (Å²) in [5.41, 5.74) is 2.04. The average molecular weight is 282 g/mol. The van der Waals surface area contributed by atoms with E-state index in [0.717, 1.165) is 36.8 Å². The number of rotatable bonds is 3. The van der Waals surface area contributed by atoms with E-state index in [9.17, 15) is 13.5 Å². The van der Waals surface area contributed by atoms with Gasteiger partial charge >= 0.3 is 0 Å². The number of nitrogens with zero attached hydrogens (tertiary/aromatic N) is 2. The van der Waals surface area contributed by atoms with Crippen molar-refractivity contribution in [2.75, 3.05) is 14.1 Å². The first kappa shape index (κ1) is 13.9. The van der Waals surface area contributed by atoms with Gasteiger partial charge in [0.1, 0.15) is 17.0 Å². The normalized spacial score (nSPS) is 15.5. The molecule has 0 saturated carbocycles. The summed E-state index contributed by atoms with van der Waals surface area (Å²) in [5.74, 6) is -0.212. The molecule has 0 atom stereocenters. The Labute approximate surface area is 113 Å². The van der Waals surface area contributed by atoms with Crippen molar-refractivity contribution in [1.29, 1.82) is 0 Å². The Morgan fingerprint density at radius 1 is 1.21 bits per heavy atom. The minimum absolute atomic E-state index is 0.105. The molecule has 6 heteroatoms. The zero-order chi connectivity index (χ0) is 14.0. The van der Waals surface area contributed by atoms with Crippen molar-refractivity contribution in [1.82, 2.24) is 4.90 Å². The van der Waals surface area contributed by atoms with E-state index in [0.29, 0.717) is 0 Å². The molecular formula is C13H18N2O3S. The van der Waals surface area contributed by atoms with Gasteiger partial charge in [-0.2, -0.15) is 8.42 Å². The minimum atomic E-state index is -3.84. The topological polar surface area (TPSA) is 70.0 Å². The summed E-state index contributed by atoms with van der Waals surface area (Å²) in [6.45, 7) is 0. The molecule has 0 spiro atoms. The van der Waals surface area contributed by atoms with Gasteiger partial charge in [0.2, 0.25) is 0 Å². The van der Waals surface area contributed by atoms with Crippen LogP contribution in [0.3, 0.4) is 0 Å². The van der Waals surface area contributed by atoms with E-state index in [1.165, 1.54) is 11.2 Å². The lowest BCUT2D eigenvalue weighted by molar-refractivity contribution is 0.456. The lowest BCUT2D eigenvalue weighted by Gasteiger charge is -2.17. The Bertz CT molecular complexity index is 607. The molecule has 1 N–H and O–H groups in total. The Balaban J connectivity index is 2.45. The summed E-state index contributed by atoms with van der Waals surface area (Å²) in [5, 5.41) is 9.90. The number of sulfonamides is 1. The van der Waals surface area contributed by atoms with Crippen LogP contribution in [-0.2, 0) is 22.9 Å². The summed E-state index contributed by atoms with van der Waals surface area (Å²) in [6, 6.07) is 3.12. The second kappa shape index (κ2) is 5.21. The van der Waals surface area contributed by atoms with Crippen LogP contribution in [-0.4, -0.2) is 38.9 Å². The van der Waals surface area contributed by atoms with E-state index in [1.54, 1.807) is 26.2 Å². The molecule has 0 aliphatic heterocycles. The minimum Gasteiger partial charge on any atom is -0.507 e. The van der Waals surface area contributed by atoms with E-state index >= 15 is 0 Å². The Morgan fingerprint density at radius 3 is 2.37 bits per heavy atom. The van der Waals surface area contributed by atoms with Crippen LogP contribution >= 0.6 is 0 Å². The van der Waals surface area contributed by atoms with Crippen LogP contribution < -0.4 is 0 Å². The highest BCUT2D eigenvalue weighted by Gasteiger charge is 2.21. The predicted molar refractivity (Wildman–Crippen MR) is 74.1 cm³/mol. The third kappa shape index (κ3) is 3.07. The molecule has 5 nitrogen and oxygen atoms in total. The number of phenolic OH excluding ortho intramolecular Hbond substituents is 1. The number of hydrogen-bond acceptors (Lipinski definition) is 3.